The average Bonchev–Trinajstić information content (AvgIpc) is 2.20. The van der Waals surface area contributed by atoms with Crippen LogP contribution >= 0.6 is 0 Å². The maximum atomic E-state index is 12.8. The lowest BCUT2D eigenvalue weighted by Crippen LogP contribution is -2.16. The van der Waals surface area contributed by atoms with Gasteiger partial charge in [-0.3, -0.25) is 0 Å². The van der Waals surface area contributed by atoms with E-state index in [-0.39, 0.29) is 11.6 Å². The van der Waals surface area contributed by atoms with E-state index in [1.54, 1.807) is 0 Å². The summed E-state index contributed by atoms with van der Waals surface area (Å²) in [6.07, 6.45) is 0.871. The predicted octanol–water partition coefficient (Wildman–Crippen LogP) is 2.73. The van der Waals surface area contributed by atoms with E-state index < -0.39 is 11.8 Å². The third-order valence-corrected chi connectivity index (χ3v) is 2.23. The van der Waals surface area contributed by atoms with Crippen molar-refractivity contribution in [2.45, 2.75) is 26.3 Å². The number of rotatable bonds is 4. The second-order valence-corrected chi connectivity index (χ2v) is 3.45. The van der Waals surface area contributed by atoms with E-state index in [4.69, 9.17) is 5.11 Å². The fraction of sp³-hybridized carbons (Fsp3) is 0.364. The maximum absolute atomic E-state index is 12.8. The van der Waals surface area contributed by atoms with Crippen LogP contribution in [0.25, 0.3) is 0 Å². The quantitative estimate of drug-likeness (QED) is 0.805. The lowest BCUT2D eigenvalue weighted by atomic mass is 10.1. The third kappa shape index (κ3) is 2.94. The van der Waals surface area contributed by atoms with Crippen molar-refractivity contribution in [1.82, 2.24) is 0 Å². The Labute approximate surface area is 87.9 Å². The average molecular weight is 211 g/mol. The molecule has 0 saturated heterocycles. The van der Waals surface area contributed by atoms with E-state index in [2.05, 4.69) is 5.32 Å². The van der Waals surface area contributed by atoms with Gasteiger partial charge in [-0.2, -0.15) is 0 Å². The Balaban J connectivity index is 3.01. The van der Waals surface area contributed by atoms with Crippen LogP contribution in [0, 0.1) is 5.82 Å². The summed E-state index contributed by atoms with van der Waals surface area (Å²) in [4.78, 5) is 10.8. The summed E-state index contributed by atoms with van der Waals surface area (Å²) < 4.78 is 12.8. The molecule has 0 bridgehead atoms. The van der Waals surface area contributed by atoms with Crippen molar-refractivity contribution in [2.24, 2.45) is 0 Å². The Bertz CT molecular complexity index is 366. The first-order valence-electron chi connectivity index (χ1n) is 4.84. The first kappa shape index (κ1) is 11.5. The van der Waals surface area contributed by atoms with Gasteiger partial charge >= 0.3 is 5.97 Å². The highest BCUT2D eigenvalue weighted by Crippen LogP contribution is 2.18. The van der Waals surface area contributed by atoms with E-state index in [1.807, 2.05) is 13.8 Å². The molecule has 0 aliphatic carbocycles. The minimum Gasteiger partial charge on any atom is -0.478 e. The summed E-state index contributed by atoms with van der Waals surface area (Å²) in [5.41, 5.74) is 0.425. The molecule has 3 nitrogen and oxygen atoms in total. The summed E-state index contributed by atoms with van der Waals surface area (Å²) in [6.45, 7) is 3.93. The molecule has 0 aromatic heterocycles. The van der Waals surface area contributed by atoms with E-state index in [0.29, 0.717) is 5.69 Å². The summed E-state index contributed by atoms with van der Waals surface area (Å²) in [5, 5.41) is 11.9. The molecule has 1 unspecified atom stereocenters. The van der Waals surface area contributed by atoms with Crippen LogP contribution in [0.5, 0.6) is 0 Å². The Hall–Kier alpha value is -1.58. The lowest BCUT2D eigenvalue weighted by Gasteiger charge is -2.14. The number of halogens is 1. The van der Waals surface area contributed by atoms with Gasteiger partial charge in [-0.05, 0) is 31.5 Å². The highest BCUT2D eigenvalue weighted by Gasteiger charge is 2.12. The number of carboxylic acid groups (broad SMARTS) is 1. The molecule has 15 heavy (non-hydrogen) atoms. The van der Waals surface area contributed by atoms with Crippen molar-refractivity contribution in [3.05, 3.63) is 29.6 Å². The van der Waals surface area contributed by atoms with Crippen LogP contribution in [0.3, 0.4) is 0 Å². The smallest absolute Gasteiger partial charge is 0.337 e. The van der Waals surface area contributed by atoms with Crippen molar-refractivity contribution < 1.29 is 14.3 Å². The molecule has 0 aliphatic rings. The third-order valence-electron chi connectivity index (χ3n) is 2.23. The second-order valence-electron chi connectivity index (χ2n) is 3.45. The van der Waals surface area contributed by atoms with Gasteiger partial charge in [0.25, 0.3) is 0 Å². The predicted molar refractivity (Wildman–Crippen MR) is 56.7 cm³/mol. The molecule has 82 valence electrons. The molecular formula is C11H14FNO2. The zero-order valence-corrected chi connectivity index (χ0v) is 8.75. The molecule has 4 heteroatoms. The Morgan fingerprint density at radius 3 is 2.80 bits per heavy atom. The topological polar surface area (TPSA) is 49.3 Å². The van der Waals surface area contributed by atoms with Gasteiger partial charge in [0.1, 0.15) is 5.82 Å². The van der Waals surface area contributed by atoms with E-state index in [0.717, 1.165) is 12.5 Å². The Morgan fingerprint density at radius 2 is 2.27 bits per heavy atom. The van der Waals surface area contributed by atoms with E-state index >= 15 is 0 Å². The fourth-order valence-electron chi connectivity index (χ4n) is 1.19. The molecule has 1 aromatic rings. The van der Waals surface area contributed by atoms with Crippen molar-refractivity contribution in [1.29, 1.82) is 0 Å². The van der Waals surface area contributed by atoms with Crippen LogP contribution in [0.2, 0.25) is 0 Å². The molecule has 0 radical (unpaired) electrons. The van der Waals surface area contributed by atoms with Crippen LogP contribution in [0.4, 0.5) is 10.1 Å². The van der Waals surface area contributed by atoms with E-state index in [9.17, 15) is 9.18 Å². The number of carbonyl (C=O) groups is 1. The van der Waals surface area contributed by atoms with Crippen molar-refractivity contribution in [3.8, 4) is 0 Å². The largest absolute Gasteiger partial charge is 0.478 e. The van der Waals surface area contributed by atoms with Crippen molar-refractivity contribution in [3.63, 3.8) is 0 Å². The number of nitrogens with one attached hydrogen (secondary N) is 1. The molecule has 1 aromatic carbocycles. The van der Waals surface area contributed by atoms with Gasteiger partial charge in [0.05, 0.1) is 5.56 Å². The molecule has 0 spiro atoms. The maximum Gasteiger partial charge on any atom is 0.337 e. The highest BCUT2D eigenvalue weighted by atomic mass is 19.1. The van der Waals surface area contributed by atoms with Gasteiger partial charge in [0.15, 0.2) is 0 Å². The number of anilines is 1. The number of hydrogen-bond acceptors (Lipinski definition) is 2. The van der Waals surface area contributed by atoms with Gasteiger partial charge in [0.2, 0.25) is 0 Å². The molecule has 0 aliphatic heterocycles. The molecule has 0 fully saturated rings. The SMILES string of the molecule is CCC(C)Nc1ccc(F)cc1C(=O)O. The van der Waals surface area contributed by atoms with Gasteiger partial charge < -0.3 is 10.4 Å². The normalized spacial score (nSPS) is 12.2. The number of benzene rings is 1. The first-order chi connectivity index (χ1) is 7.04. The molecule has 0 saturated carbocycles. The zero-order valence-electron chi connectivity index (χ0n) is 8.75. The number of hydrogen-bond donors (Lipinski definition) is 2. The first-order valence-corrected chi connectivity index (χ1v) is 4.84. The van der Waals surface area contributed by atoms with Crippen molar-refractivity contribution >= 4 is 11.7 Å². The molecule has 2 N–H and O–H groups in total. The lowest BCUT2D eigenvalue weighted by molar-refractivity contribution is 0.0697. The van der Waals surface area contributed by atoms with Crippen molar-refractivity contribution in [2.75, 3.05) is 5.32 Å². The van der Waals surface area contributed by atoms with Gasteiger partial charge in [0, 0.05) is 11.7 Å². The fourth-order valence-corrected chi connectivity index (χ4v) is 1.19. The monoisotopic (exact) mass is 211 g/mol. The molecule has 0 amide bonds. The van der Waals surface area contributed by atoms with Gasteiger partial charge in [-0.1, -0.05) is 6.92 Å². The molecule has 1 rings (SSSR count). The van der Waals surface area contributed by atoms with Crippen LogP contribution < -0.4 is 5.32 Å². The highest BCUT2D eigenvalue weighted by molar-refractivity contribution is 5.94. The summed E-state index contributed by atoms with van der Waals surface area (Å²) >= 11 is 0. The summed E-state index contributed by atoms with van der Waals surface area (Å²) in [6, 6.07) is 3.88. The van der Waals surface area contributed by atoms with Crippen LogP contribution in [0.15, 0.2) is 18.2 Å². The minimum atomic E-state index is -1.12. The standard InChI is InChI=1S/C11H14FNO2/c1-3-7(2)13-10-5-4-8(12)6-9(10)11(14)15/h4-7,13H,3H2,1-2H3,(H,14,15). The Morgan fingerprint density at radius 1 is 1.60 bits per heavy atom. The van der Waals surface area contributed by atoms with Crippen LogP contribution in [0.1, 0.15) is 30.6 Å². The Kier molecular flexibility index (Phi) is 3.66. The summed E-state index contributed by atoms with van der Waals surface area (Å²) in [7, 11) is 0. The second kappa shape index (κ2) is 4.77. The number of aromatic carboxylic acids is 1. The molecule has 0 heterocycles. The minimum absolute atomic E-state index is 0.0321. The number of carboxylic acids is 1. The molecule has 1 atom stereocenters. The van der Waals surface area contributed by atoms with Crippen LogP contribution in [-0.4, -0.2) is 17.1 Å². The van der Waals surface area contributed by atoms with Gasteiger partial charge in [-0.15, -0.1) is 0 Å². The van der Waals surface area contributed by atoms with E-state index in [1.165, 1.54) is 12.1 Å². The zero-order chi connectivity index (χ0) is 11.4. The van der Waals surface area contributed by atoms with Gasteiger partial charge in [-0.25, -0.2) is 9.18 Å². The summed E-state index contributed by atoms with van der Waals surface area (Å²) in [5.74, 6) is -1.66. The van der Waals surface area contributed by atoms with Crippen LogP contribution in [-0.2, 0) is 0 Å². The molecular weight excluding hydrogens is 197 g/mol.